The second-order valence-electron chi connectivity index (χ2n) is 4.83. The van der Waals surface area contributed by atoms with Crippen LogP contribution in [0.2, 0.25) is 0 Å². The zero-order valence-corrected chi connectivity index (χ0v) is 11.7. The summed E-state index contributed by atoms with van der Waals surface area (Å²) in [4.78, 5) is 16.8. The maximum Gasteiger partial charge on any atom is 0.215 e. The van der Waals surface area contributed by atoms with Gasteiger partial charge in [-0.05, 0) is 24.3 Å². The molecule has 2 aromatic carbocycles. The highest BCUT2D eigenvalue weighted by Gasteiger charge is 2.30. The molecule has 0 unspecified atom stereocenters. The van der Waals surface area contributed by atoms with Gasteiger partial charge in [0.15, 0.2) is 5.75 Å². The normalized spacial score (nSPS) is 13.6. The number of aliphatic imine (C=N–C) groups is 1. The lowest BCUT2D eigenvalue weighted by Crippen LogP contribution is -2.13. The van der Waals surface area contributed by atoms with E-state index in [9.17, 15) is 9.90 Å². The summed E-state index contributed by atoms with van der Waals surface area (Å²) in [6.07, 6.45) is 0. The van der Waals surface area contributed by atoms with Crippen molar-refractivity contribution in [3.05, 3.63) is 59.8 Å². The first-order valence-corrected chi connectivity index (χ1v) is 6.83. The highest BCUT2D eigenvalue weighted by molar-refractivity contribution is 7.78. The fraction of sp³-hybridized carbons (Fsp3) is 0. The van der Waals surface area contributed by atoms with Crippen LogP contribution in [0.5, 0.6) is 5.75 Å². The molecule has 0 amide bonds. The van der Waals surface area contributed by atoms with E-state index in [1.165, 1.54) is 3.97 Å². The highest BCUT2D eigenvalue weighted by atomic mass is 32.1. The summed E-state index contributed by atoms with van der Waals surface area (Å²) in [5, 5.41) is 11.1. The SMILES string of the molecule is O=C1C(c2c(O)c3ccccc3n2S)=Nc2ccccc21. The van der Waals surface area contributed by atoms with Gasteiger partial charge in [0.1, 0.15) is 11.4 Å². The third kappa shape index (κ3) is 1.58. The molecular formula is C16H10N2O2S. The van der Waals surface area contributed by atoms with Crippen LogP contribution in [0.4, 0.5) is 5.69 Å². The lowest BCUT2D eigenvalue weighted by Gasteiger charge is -2.02. The van der Waals surface area contributed by atoms with Crippen molar-refractivity contribution in [3.63, 3.8) is 0 Å². The van der Waals surface area contributed by atoms with Gasteiger partial charge in [-0.15, -0.1) is 0 Å². The molecule has 0 atom stereocenters. The number of hydrogen-bond donors (Lipinski definition) is 2. The van der Waals surface area contributed by atoms with Crippen molar-refractivity contribution >= 4 is 40.9 Å². The minimum atomic E-state index is -0.195. The molecule has 1 aliphatic rings. The molecule has 0 bridgehead atoms. The lowest BCUT2D eigenvalue weighted by atomic mass is 10.1. The van der Waals surface area contributed by atoms with Gasteiger partial charge in [0.2, 0.25) is 5.78 Å². The van der Waals surface area contributed by atoms with Crippen LogP contribution >= 0.6 is 12.8 Å². The zero-order valence-electron chi connectivity index (χ0n) is 10.8. The fourth-order valence-corrected chi connectivity index (χ4v) is 3.01. The van der Waals surface area contributed by atoms with Gasteiger partial charge in [-0.25, -0.2) is 4.99 Å². The number of Topliss-reactive ketones (excluding diaryl/α,β-unsaturated/α-hetero) is 1. The number of carbonyl (C=O) groups is 1. The molecule has 1 N–H and O–H groups in total. The maximum absolute atomic E-state index is 12.5. The van der Waals surface area contributed by atoms with Crippen molar-refractivity contribution in [1.29, 1.82) is 0 Å². The Morgan fingerprint density at radius 2 is 1.76 bits per heavy atom. The summed E-state index contributed by atoms with van der Waals surface area (Å²) in [5.41, 5.74) is 2.46. The Kier molecular flexibility index (Phi) is 2.46. The average molecular weight is 294 g/mol. The standard InChI is InChI=1S/C16H10N2O2S/c19-15-9-5-1-3-7-11(9)17-13(15)14-16(20)10-6-2-4-8-12(10)18(14)21/h1-8,20-21H. The molecule has 4 rings (SSSR count). The predicted molar refractivity (Wildman–Crippen MR) is 85.0 cm³/mol. The summed E-state index contributed by atoms with van der Waals surface area (Å²) in [6, 6.07) is 14.4. The van der Waals surface area contributed by atoms with Crippen molar-refractivity contribution in [2.75, 3.05) is 0 Å². The molecule has 1 aliphatic heterocycles. The number of ketones is 1. The van der Waals surface area contributed by atoms with E-state index in [-0.39, 0.29) is 17.2 Å². The number of nitrogens with zero attached hydrogens (tertiary/aromatic N) is 2. The average Bonchev–Trinajstić information content (AvgIpc) is 2.96. The molecule has 0 aliphatic carbocycles. The molecule has 0 spiro atoms. The van der Waals surface area contributed by atoms with E-state index in [0.29, 0.717) is 22.3 Å². The van der Waals surface area contributed by atoms with Gasteiger partial charge in [0.05, 0.1) is 11.2 Å². The van der Waals surface area contributed by atoms with E-state index in [4.69, 9.17) is 0 Å². The molecule has 0 saturated heterocycles. The molecule has 2 heterocycles. The van der Waals surface area contributed by atoms with Crippen LogP contribution in [0.3, 0.4) is 0 Å². The number of fused-ring (bicyclic) bond motifs is 2. The van der Waals surface area contributed by atoms with Crippen LogP contribution in [0.15, 0.2) is 53.5 Å². The zero-order chi connectivity index (χ0) is 14.6. The first kappa shape index (κ1) is 12.2. The molecule has 3 aromatic rings. The Hall–Kier alpha value is -2.53. The Bertz CT molecular complexity index is 902. The smallest absolute Gasteiger partial charge is 0.215 e. The summed E-state index contributed by atoms with van der Waals surface area (Å²) in [6.45, 7) is 0. The van der Waals surface area contributed by atoms with Crippen molar-refractivity contribution in [2.24, 2.45) is 4.99 Å². The summed E-state index contributed by atoms with van der Waals surface area (Å²) >= 11 is 4.40. The minimum absolute atomic E-state index is 0.0282. The Labute approximate surface area is 125 Å². The lowest BCUT2D eigenvalue weighted by molar-refractivity contribution is 0.106. The number of hydrogen-bond acceptors (Lipinski definition) is 4. The number of thiol groups is 1. The molecule has 21 heavy (non-hydrogen) atoms. The Morgan fingerprint density at radius 3 is 2.52 bits per heavy atom. The summed E-state index contributed by atoms with van der Waals surface area (Å²) < 4.78 is 1.51. The molecule has 1 aromatic heterocycles. The molecule has 0 fully saturated rings. The van der Waals surface area contributed by atoms with Crippen LogP contribution in [-0.4, -0.2) is 20.6 Å². The number of aromatic nitrogens is 1. The predicted octanol–water partition coefficient (Wildman–Crippen LogP) is 3.36. The van der Waals surface area contributed by atoms with Crippen LogP contribution < -0.4 is 0 Å². The number of rotatable bonds is 1. The van der Waals surface area contributed by atoms with Crippen LogP contribution in [-0.2, 0) is 0 Å². The van der Waals surface area contributed by atoms with Gasteiger partial charge >= 0.3 is 0 Å². The van der Waals surface area contributed by atoms with E-state index in [1.54, 1.807) is 24.3 Å². The van der Waals surface area contributed by atoms with Gasteiger partial charge in [0, 0.05) is 10.9 Å². The second-order valence-corrected chi connectivity index (χ2v) is 5.23. The number of aromatic hydroxyl groups is 1. The molecule has 102 valence electrons. The van der Waals surface area contributed by atoms with Crippen molar-refractivity contribution in [1.82, 2.24) is 3.97 Å². The van der Waals surface area contributed by atoms with Gasteiger partial charge < -0.3 is 5.11 Å². The second kappa shape index (κ2) is 4.23. The topological polar surface area (TPSA) is 54.6 Å². The number of benzene rings is 2. The first-order chi connectivity index (χ1) is 10.2. The largest absolute Gasteiger partial charge is 0.505 e. The molecular weight excluding hydrogens is 284 g/mol. The van der Waals surface area contributed by atoms with E-state index < -0.39 is 0 Å². The van der Waals surface area contributed by atoms with Crippen LogP contribution in [0, 0.1) is 0 Å². The van der Waals surface area contributed by atoms with Crippen LogP contribution in [0.25, 0.3) is 10.9 Å². The highest BCUT2D eigenvalue weighted by Crippen LogP contribution is 2.37. The minimum Gasteiger partial charge on any atom is -0.505 e. The third-order valence-electron chi connectivity index (χ3n) is 3.64. The van der Waals surface area contributed by atoms with Gasteiger partial charge in [-0.1, -0.05) is 37.1 Å². The fourth-order valence-electron chi connectivity index (χ4n) is 2.64. The molecule has 4 nitrogen and oxygen atoms in total. The molecule has 5 heteroatoms. The quantitative estimate of drug-likeness (QED) is 0.676. The van der Waals surface area contributed by atoms with Gasteiger partial charge in [-0.2, -0.15) is 0 Å². The van der Waals surface area contributed by atoms with E-state index in [0.717, 1.165) is 5.52 Å². The molecule has 0 radical (unpaired) electrons. The first-order valence-electron chi connectivity index (χ1n) is 6.43. The summed E-state index contributed by atoms with van der Waals surface area (Å²) in [7, 11) is 0. The van der Waals surface area contributed by atoms with Crippen molar-refractivity contribution < 1.29 is 9.90 Å². The number of para-hydroxylation sites is 2. The maximum atomic E-state index is 12.5. The van der Waals surface area contributed by atoms with E-state index >= 15 is 0 Å². The third-order valence-corrected chi connectivity index (χ3v) is 4.06. The van der Waals surface area contributed by atoms with Crippen molar-refractivity contribution in [2.45, 2.75) is 0 Å². The van der Waals surface area contributed by atoms with Gasteiger partial charge in [0.25, 0.3) is 0 Å². The van der Waals surface area contributed by atoms with Crippen molar-refractivity contribution in [3.8, 4) is 5.75 Å². The monoisotopic (exact) mass is 294 g/mol. The van der Waals surface area contributed by atoms with E-state index in [1.807, 2.05) is 24.3 Å². The molecule has 0 saturated carbocycles. The Balaban J connectivity index is 2.00. The summed E-state index contributed by atoms with van der Waals surface area (Å²) in [5.74, 6) is -0.167. The van der Waals surface area contributed by atoms with Crippen LogP contribution in [0.1, 0.15) is 16.1 Å². The van der Waals surface area contributed by atoms with E-state index in [2.05, 4.69) is 17.8 Å². The number of carbonyl (C=O) groups excluding carboxylic acids is 1. The van der Waals surface area contributed by atoms with Gasteiger partial charge in [-0.3, -0.25) is 8.77 Å². The Morgan fingerprint density at radius 1 is 1.05 bits per heavy atom.